The predicted molar refractivity (Wildman–Crippen MR) is 79.8 cm³/mol. The van der Waals surface area contributed by atoms with Crippen LogP contribution in [0, 0.1) is 0 Å². The largest absolute Gasteiger partial charge is 0.468 e. The summed E-state index contributed by atoms with van der Waals surface area (Å²) in [6.45, 7) is 3.75. The SMILES string of the molecule is CCOC(=O)C(CC(C)(Br)C(=O)OC)c1ccccc1. The van der Waals surface area contributed by atoms with Gasteiger partial charge in [0.2, 0.25) is 0 Å². The van der Waals surface area contributed by atoms with E-state index in [-0.39, 0.29) is 12.4 Å². The van der Waals surface area contributed by atoms with E-state index in [2.05, 4.69) is 15.9 Å². The molecule has 0 saturated heterocycles. The fourth-order valence-electron chi connectivity index (χ4n) is 1.94. The fourth-order valence-corrected chi connectivity index (χ4v) is 2.43. The second kappa shape index (κ2) is 7.43. The van der Waals surface area contributed by atoms with E-state index in [0.717, 1.165) is 5.56 Å². The molecule has 1 aromatic carbocycles. The van der Waals surface area contributed by atoms with Crippen molar-refractivity contribution in [1.82, 2.24) is 0 Å². The summed E-state index contributed by atoms with van der Waals surface area (Å²) < 4.78 is 8.92. The Morgan fingerprint density at radius 2 is 1.90 bits per heavy atom. The van der Waals surface area contributed by atoms with Gasteiger partial charge in [0.1, 0.15) is 4.32 Å². The van der Waals surface area contributed by atoms with Gasteiger partial charge in [-0.1, -0.05) is 46.3 Å². The van der Waals surface area contributed by atoms with Crippen molar-refractivity contribution in [3.8, 4) is 0 Å². The first kappa shape index (κ1) is 16.7. The number of carbonyl (C=O) groups excluding carboxylic acids is 2. The number of hydrogen-bond acceptors (Lipinski definition) is 4. The van der Waals surface area contributed by atoms with E-state index >= 15 is 0 Å². The highest BCUT2D eigenvalue weighted by Crippen LogP contribution is 2.33. The van der Waals surface area contributed by atoms with Crippen LogP contribution in [0.25, 0.3) is 0 Å². The fraction of sp³-hybridized carbons (Fsp3) is 0.467. The molecule has 0 aromatic heterocycles. The zero-order valence-corrected chi connectivity index (χ0v) is 13.5. The standard InChI is InChI=1S/C15H19BrO4/c1-4-20-13(17)12(11-8-6-5-7-9-11)10-15(2,16)14(18)19-3/h5-9,12H,4,10H2,1-3H3. The smallest absolute Gasteiger partial charge is 0.322 e. The number of hydrogen-bond donors (Lipinski definition) is 0. The van der Waals surface area contributed by atoms with E-state index in [9.17, 15) is 9.59 Å². The number of carbonyl (C=O) groups is 2. The van der Waals surface area contributed by atoms with Crippen molar-refractivity contribution in [1.29, 1.82) is 0 Å². The molecule has 1 aromatic rings. The highest BCUT2D eigenvalue weighted by Gasteiger charge is 2.37. The van der Waals surface area contributed by atoms with E-state index in [1.54, 1.807) is 13.8 Å². The number of benzene rings is 1. The van der Waals surface area contributed by atoms with E-state index in [0.29, 0.717) is 6.61 Å². The molecule has 4 nitrogen and oxygen atoms in total. The Balaban J connectivity index is 3.01. The molecular formula is C15H19BrO4. The third kappa shape index (κ3) is 4.34. The average molecular weight is 343 g/mol. The first-order chi connectivity index (χ1) is 9.42. The van der Waals surface area contributed by atoms with Crippen LogP contribution in [-0.4, -0.2) is 30.0 Å². The van der Waals surface area contributed by atoms with Gasteiger partial charge in [0, 0.05) is 0 Å². The van der Waals surface area contributed by atoms with Gasteiger partial charge in [-0.25, -0.2) is 0 Å². The lowest BCUT2D eigenvalue weighted by atomic mass is 9.89. The molecule has 0 bridgehead atoms. The lowest BCUT2D eigenvalue weighted by Gasteiger charge is -2.25. The van der Waals surface area contributed by atoms with E-state index in [1.807, 2.05) is 30.3 Å². The molecule has 0 spiro atoms. The second-order valence-electron chi connectivity index (χ2n) is 4.61. The van der Waals surface area contributed by atoms with Gasteiger partial charge in [-0.15, -0.1) is 0 Å². The normalized spacial score (nSPS) is 15.0. The summed E-state index contributed by atoms with van der Waals surface area (Å²) in [4.78, 5) is 23.9. The summed E-state index contributed by atoms with van der Waals surface area (Å²) in [5, 5.41) is 0. The molecule has 2 unspecified atom stereocenters. The molecule has 110 valence electrons. The molecule has 2 atom stereocenters. The van der Waals surface area contributed by atoms with E-state index in [4.69, 9.17) is 9.47 Å². The summed E-state index contributed by atoms with van der Waals surface area (Å²) in [5.74, 6) is -1.27. The summed E-state index contributed by atoms with van der Waals surface area (Å²) in [7, 11) is 1.32. The molecule has 0 saturated carbocycles. The first-order valence-electron chi connectivity index (χ1n) is 6.41. The third-order valence-corrected chi connectivity index (χ3v) is 3.62. The number of halogens is 1. The highest BCUT2D eigenvalue weighted by molar-refractivity contribution is 9.10. The van der Waals surface area contributed by atoms with Crippen LogP contribution in [-0.2, 0) is 19.1 Å². The Morgan fingerprint density at radius 1 is 1.30 bits per heavy atom. The molecule has 0 aliphatic carbocycles. The molecule has 0 N–H and O–H groups in total. The third-order valence-electron chi connectivity index (χ3n) is 2.97. The molecule has 0 amide bonds. The highest BCUT2D eigenvalue weighted by atomic mass is 79.9. The Hall–Kier alpha value is -1.36. The van der Waals surface area contributed by atoms with Gasteiger partial charge in [-0.2, -0.15) is 0 Å². The molecule has 1 rings (SSSR count). The van der Waals surface area contributed by atoms with Gasteiger partial charge in [-0.05, 0) is 25.8 Å². The average Bonchev–Trinajstić information content (AvgIpc) is 2.45. The molecule has 0 radical (unpaired) electrons. The maximum Gasteiger partial charge on any atom is 0.322 e. The molecule has 0 aliphatic rings. The van der Waals surface area contributed by atoms with Crippen molar-refractivity contribution in [3.05, 3.63) is 35.9 Å². The van der Waals surface area contributed by atoms with Crippen LogP contribution < -0.4 is 0 Å². The molecular weight excluding hydrogens is 324 g/mol. The maximum absolute atomic E-state index is 12.1. The minimum Gasteiger partial charge on any atom is -0.468 e. The molecule has 20 heavy (non-hydrogen) atoms. The Morgan fingerprint density at radius 3 is 2.40 bits per heavy atom. The van der Waals surface area contributed by atoms with Crippen LogP contribution in [0.4, 0.5) is 0 Å². The maximum atomic E-state index is 12.1. The molecule has 5 heteroatoms. The van der Waals surface area contributed by atoms with Gasteiger partial charge in [0.15, 0.2) is 0 Å². The Labute approximate surface area is 127 Å². The van der Waals surface area contributed by atoms with Gasteiger partial charge >= 0.3 is 11.9 Å². The van der Waals surface area contributed by atoms with Crippen LogP contribution in [0.3, 0.4) is 0 Å². The van der Waals surface area contributed by atoms with E-state index < -0.39 is 16.2 Å². The monoisotopic (exact) mass is 342 g/mol. The quantitative estimate of drug-likeness (QED) is 0.588. The molecule has 0 fully saturated rings. The number of esters is 2. The predicted octanol–water partition coefficient (Wildman–Crippen LogP) is 3.05. The van der Waals surface area contributed by atoms with E-state index in [1.165, 1.54) is 7.11 Å². The first-order valence-corrected chi connectivity index (χ1v) is 7.20. The van der Waals surface area contributed by atoms with Crippen molar-refractivity contribution in [2.45, 2.75) is 30.5 Å². The van der Waals surface area contributed by atoms with Crippen LogP contribution >= 0.6 is 15.9 Å². The molecule has 0 aliphatic heterocycles. The number of methoxy groups -OCH3 is 1. The van der Waals surface area contributed by atoms with Crippen LogP contribution in [0.5, 0.6) is 0 Å². The number of rotatable bonds is 6. The van der Waals surface area contributed by atoms with Crippen LogP contribution in [0.2, 0.25) is 0 Å². The van der Waals surface area contributed by atoms with Gasteiger partial charge < -0.3 is 9.47 Å². The number of ether oxygens (including phenoxy) is 2. The second-order valence-corrected chi connectivity index (χ2v) is 6.36. The van der Waals surface area contributed by atoms with Crippen molar-refractivity contribution in [2.24, 2.45) is 0 Å². The summed E-state index contributed by atoms with van der Waals surface area (Å²) in [6.07, 6.45) is 0.266. The molecule has 0 heterocycles. The lowest BCUT2D eigenvalue weighted by molar-refractivity contribution is -0.146. The van der Waals surface area contributed by atoms with Crippen molar-refractivity contribution >= 4 is 27.9 Å². The van der Waals surface area contributed by atoms with Crippen molar-refractivity contribution in [2.75, 3.05) is 13.7 Å². The van der Waals surface area contributed by atoms with Crippen LogP contribution in [0.15, 0.2) is 30.3 Å². The topological polar surface area (TPSA) is 52.6 Å². The van der Waals surface area contributed by atoms with Crippen molar-refractivity contribution < 1.29 is 19.1 Å². The minimum absolute atomic E-state index is 0.266. The Bertz CT molecular complexity index is 456. The van der Waals surface area contributed by atoms with Gasteiger partial charge in [0.05, 0.1) is 19.6 Å². The summed E-state index contributed by atoms with van der Waals surface area (Å²) in [6, 6.07) is 9.28. The van der Waals surface area contributed by atoms with Crippen molar-refractivity contribution in [3.63, 3.8) is 0 Å². The number of alkyl halides is 1. The zero-order valence-electron chi connectivity index (χ0n) is 11.9. The van der Waals surface area contributed by atoms with Gasteiger partial charge in [-0.3, -0.25) is 9.59 Å². The summed E-state index contributed by atoms with van der Waals surface area (Å²) in [5.41, 5.74) is 0.820. The van der Waals surface area contributed by atoms with Crippen LogP contribution in [0.1, 0.15) is 31.7 Å². The summed E-state index contributed by atoms with van der Waals surface area (Å²) >= 11 is 3.34. The zero-order chi connectivity index (χ0) is 15.2. The Kier molecular flexibility index (Phi) is 6.20. The van der Waals surface area contributed by atoms with Gasteiger partial charge in [0.25, 0.3) is 0 Å². The lowest BCUT2D eigenvalue weighted by Crippen LogP contribution is -2.34. The minimum atomic E-state index is -0.935.